The van der Waals surface area contributed by atoms with Crippen LogP contribution < -0.4 is 5.32 Å². The second kappa shape index (κ2) is 5.12. The summed E-state index contributed by atoms with van der Waals surface area (Å²) in [4.78, 5) is 11.2. The van der Waals surface area contributed by atoms with Crippen LogP contribution in [0.15, 0.2) is 18.2 Å². The zero-order valence-electron chi connectivity index (χ0n) is 8.68. The first-order valence-corrected chi connectivity index (χ1v) is 5.10. The summed E-state index contributed by atoms with van der Waals surface area (Å²) in [5, 5.41) is 3.09. The Balaban J connectivity index is 2.65. The molecular weight excluding hydrogens is 217 g/mol. The van der Waals surface area contributed by atoms with Crippen LogP contribution >= 0.6 is 11.6 Å². The van der Waals surface area contributed by atoms with Gasteiger partial charge in [-0.1, -0.05) is 25.4 Å². The molecule has 0 unspecified atom stereocenters. The van der Waals surface area contributed by atoms with Crippen LogP contribution in [0.2, 0.25) is 5.02 Å². The van der Waals surface area contributed by atoms with Crippen molar-refractivity contribution >= 4 is 17.5 Å². The van der Waals surface area contributed by atoms with Crippen molar-refractivity contribution in [3.05, 3.63) is 34.6 Å². The standard InChI is InChI=1S/C11H13ClFNO/c1-7(2)11(15)14-6-8-5-9(12)3-4-10(8)13/h3-5,7H,6H2,1-2H3,(H,14,15). The molecule has 0 radical (unpaired) electrons. The third kappa shape index (κ3) is 3.51. The van der Waals surface area contributed by atoms with Crippen molar-refractivity contribution in [2.75, 3.05) is 0 Å². The lowest BCUT2D eigenvalue weighted by Gasteiger charge is -2.08. The molecule has 2 nitrogen and oxygen atoms in total. The molecule has 0 spiro atoms. The van der Waals surface area contributed by atoms with Crippen molar-refractivity contribution in [2.24, 2.45) is 5.92 Å². The highest BCUT2D eigenvalue weighted by Gasteiger charge is 2.08. The second-order valence-electron chi connectivity index (χ2n) is 3.61. The van der Waals surface area contributed by atoms with Crippen LogP contribution in [0.1, 0.15) is 19.4 Å². The van der Waals surface area contributed by atoms with Gasteiger partial charge in [-0.05, 0) is 18.2 Å². The van der Waals surface area contributed by atoms with Gasteiger partial charge in [-0.3, -0.25) is 4.79 Å². The highest BCUT2D eigenvalue weighted by Crippen LogP contribution is 2.14. The number of halogens is 2. The van der Waals surface area contributed by atoms with Gasteiger partial charge in [-0.2, -0.15) is 0 Å². The van der Waals surface area contributed by atoms with Crippen LogP contribution in [0.3, 0.4) is 0 Å². The number of amides is 1. The molecule has 15 heavy (non-hydrogen) atoms. The Hall–Kier alpha value is -1.09. The highest BCUT2D eigenvalue weighted by atomic mass is 35.5. The molecule has 82 valence electrons. The van der Waals surface area contributed by atoms with E-state index in [1.165, 1.54) is 18.2 Å². The largest absolute Gasteiger partial charge is 0.352 e. The van der Waals surface area contributed by atoms with Crippen LogP contribution in [0.4, 0.5) is 4.39 Å². The van der Waals surface area contributed by atoms with E-state index in [-0.39, 0.29) is 24.2 Å². The van der Waals surface area contributed by atoms with E-state index in [4.69, 9.17) is 11.6 Å². The number of hydrogen-bond donors (Lipinski definition) is 1. The first-order chi connectivity index (χ1) is 7.00. The van der Waals surface area contributed by atoms with Crippen LogP contribution in [-0.2, 0) is 11.3 Å². The van der Waals surface area contributed by atoms with Crippen molar-refractivity contribution in [3.8, 4) is 0 Å². The maximum atomic E-state index is 13.2. The van der Waals surface area contributed by atoms with E-state index < -0.39 is 0 Å². The lowest BCUT2D eigenvalue weighted by atomic mass is 10.2. The first kappa shape index (κ1) is 12.0. The summed E-state index contributed by atoms with van der Waals surface area (Å²) in [6, 6.07) is 4.28. The predicted molar refractivity (Wildman–Crippen MR) is 58.1 cm³/mol. The molecule has 1 aromatic carbocycles. The molecule has 0 aliphatic carbocycles. The molecule has 0 aromatic heterocycles. The fourth-order valence-corrected chi connectivity index (χ4v) is 1.26. The summed E-state index contributed by atoms with van der Waals surface area (Å²) in [7, 11) is 0. The highest BCUT2D eigenvalue weighted by molar-refractivity contribution is 6.30. The zero-order chi connectivity index (χ0) is 11.4. The minimum absolute atomic E-state index is 0.102. The Labute approximate surface area is 93.4 Å². The first-order valence-electron chi connectivity index (χ1n) is 4.72. The van der Waals surface area contributed by atoms with Gasteiger partial charge in [0.05, 0.1) is 0 Å². The smallest absolute Gasteiger partial charge is 0.222 e. The molecule has 4 heteroatoms. The minimum atomic E-state index is -0.358. The Bertz CT molecular complexity index is 366. The molecular formula is C11H13ClFNO. The van der Waals surface area contributed by atoms with Gasteiger partial charge >= 0.3 is 0 Å². The maximum Gasteiger partial charge on any atom is 0.222 e. The van der Waals surface area contributed by atoms with Gasteiger partial charge in [-0.25, -0.2) is 4.39 Å². The quantitative estimate of drug-likeness (QED) is 0.849. The molecule has 1 rings (SSSR count). The molecule has 0 saturated heterocycles. The van der Waals surface area contributed by atoms with Crippen molar-refractivity contribution in [3.63, 3.8) is 0 Å². The minimum Gasteiger partial charge on any atom is -0.352 e. The van der Waals surface area contributed by atoms with Crippen LogP contribution in [0.5, 0.6) is 0 Å². The number of benzene rings is 1. The van der Waals surface area contributed by atoms with Crippen molar-refractivity contribution in [1.82, 2.24) is 5.32 Å². The molecule has 1 N–H and O–H groups in total. The van der Waals surface area contributed by atoms with Gasteiger partial charge < -0.3 is 5.32 Å². The van der Waals surface area contributed by atoms with Crippen LogP contribution in [-0.4, -0.2) is 5.91 Å². The molecule has 0 saturated carbocycles. The normalized spacial score (nSPS) is 10.5. The average molecular weight is 230 g/mol. The van der Waals surface area contributed by atoms with Crippen molar-refractivity contribution < 1.29 is 9.18 Å². The summed E-state index contributed by atoms with van der Waals surface area (Å²) >= 11 is 5.72. The lowest BCUT2D eigenvalue weighted by Crippen LogP contribution is -2.27. The SMILES string of the molecule is CC(C)C(=O)NCc1cc(Cl)ccc1F. The van der Waals surface area contributed by atoms with Gasteiger partial charge in [-0.15, -0.1) is 0 Å². The van der Waals surface area contributed by atoms with E-state index in [2.05, 4.69) is 5.32 Å². The number of rotatable bonds is 3. The fraction of sp³-hybridized carbons (Fsp3) is 0.364. The third-order valence-electron chi connectivity index (χ3n) is 1.99. The van der Waals surface area contributed by atoms with E-state index in [0.717, 1.165) is 0 Å². The summed E-state index contributed by atoms with van der Waals surface area (Å²) in [6.07, 6.45) is 0. The molecule has 0 heterocycles. The topological polar surface area (TPSA) is 29.1 Å². The molecule has 0 aliphatic heterocycles. The fourth-order valence-electron chi connectivity index (χ4n) is 1.07. The monoisotopic (exact) mass is 229 g/mol. The Morgan fingerprint density at radius 3 is 2.80 bits per heavy atom. The van der Waals surface area contributed by atoms with Gasteiger partial charge in [0.15, 0.2) is 0 Å². The second-order valence-corrected chi connectivity index (χ2v) is 4.04. The van der Waals surface area contributed by atoms with E-state index >= 15 is 0 Å². The Kier molecular flexibility index (Phi) is 4.09. The molecule has 0 atom stereocenters. The number of nitrogens with one attached hydrogen (secondary N) is 1. The van der Waals surface area contributed by atoms with Gasteiger partial charge in [0.2, 0.25) is 5.91 Å². The zero-order valence-corrected chi connectivity index (χ0v) is 9.44. The van der Waals surface area contributed by atoms with Crippen molar-refractivity contribution in [2.45, 2.75) is 20.4 Å². The van der Waals surface area contributed by atoms with E-state index in [9.17, 15) is 9.18 Å². The molecule has 0 aliphatic rings. The molecule has 0 fully saturated rings. The molecule has 0 bridgehead atoms. The third-order valence-corrected chi connectivity index (χ3v) is 2.22. The molecule has 1 aromatic rings. The van der Waals surface area contributed by atoms with Crippen molar-refractivity contribution in [1.29, 1.82) is 0 Å². The Morgan fingerprint density at radius 2 is 2.20 bits per heavy atom. The molecule has 1 amide bonds. The summed E-state index contributed by atoms with van der Waals surface area (Å²) < 4.78 is 13.2. The number of carbonyl (C=O) groups is 1. The maximum absolute atomic E-state index is 13.2. The summed E-state index contributed by atoms with van der Waals surface area (Å²) in [6.45, 7) is 3.73. The van der Waals surface area contributed by atoms with Gasteiger partial charge in [0.25, 0.3) is 0 Å². The van der Waals surface area contributed by atoms with Crippen LogP contribution in [0, 0.1) is 11.7 Å². The predicted octanol–water partition coefficient (Wildman–Crippen LogP) is 2.75. The van der Waals surface area contributed by atoms with Crippen LogP contribution in [0.25, 0.3) is 0 Å². The van der Waals surface area contributed by atoms with E-state index in [1.54, 1.807) is 13.8 Å². The average Bonchev–Trinajstić information content (AvgIpc) is 2.18. The summed E-state index contributed by atoms with van der Waals surface area (Å²) in [5.74, 6) is -0.565. The van der Waals surface area contributed by atoms with Gasteiger partial charge in [0.1, 0.15) is 5.82 Å². The Morgan fingerprint density at radius 1 is 1.53 bits per heavy atom. The number of hydrogen-bond acceptors (Lipinski definition) is 1. The summed E-state index contributed by atoms with van der Waals surface area (Å²) in [5.41, 5.74) is 0.400. The lowest BCUT2D eigenvalue weighted by molar-refractivity contribution is -0.124. The number of carbonyl (C=O) groups excluding carboxylic acids is 1. The van der Waals surface area contributed by atoms with Gasteiger partial charge in [0, 0.05) is 23.0 Å². The van der Waals surface area contributed by atoms with E-state index in [0.29, 0.717) is 10.6 Å². The van der Waals surface area contributed by atoms with E-state index in [1.807, 2.05) is 0 Å².